The van der Waals surface area contributed by atoms with Gasteiger partial charge in [0.15, 0.2) is 0 Å². The lowest BCUT2D eigenvalue weighted by Crippen LogP contribution is -1.87. The minimum absolute atomic E-state index is 0.419. The molecule has 0 fully saturated rings. The predicted molar refractivity (Wildman–Crippen MR) is 74.6 cm³/mol. The Kier molecular flexibility index (Phi) is 2.93. The normalized spacial score (nSPS) is 10.6. The molecule has 3 rings (SSSR count). The fourth-order valence-corrected chi connectivity index (χ4v) is 1.84. The first kappa shape index (κ1) is 11.7. The number of hydrogen-bond acceptors (Lipinski definition) is 4. The molecular formula is C14H10ClN3O. The summed E-state index contributed by atoms with van der Waals surface area (Å²) in [6, 6.07) is 14.8. The summed E-state index contributed by atoms with van der Waals surface area (Å²) in [7, 11) is 0. The van der Waals surface area contributed by atoms with Crippen LogP contribution in [0.1, 0.15) is 0 Å². The maximum Gasteiger partial charge on any atom is 0.258 e. The van der Waals surface area contributed by atoms with Gasteiger partial charge in [-0.1, -0.05) is 47.1 Å². The smallest absolute Gasteiger partial charge is 0.258 e. The van der Waals surface area contributed by atoms with Crippen LogP contribution in [0.15, 0.2) is 53.1 Å². The van der Waals surface area contributed by atoms with E-state index >= 15 is 0 Å². The minimum Gasteiger partial charge on any atom is -0.398 e. The number of hydrogen-bond donors (Lipinski definition) is 1. The van der Waals surface area contributed by atoms with Crippen LogP contribution in [0, 0.1) is 0 Å². The molecule has 0 aliphatic carbocycles. The third-order valence-electron chi connectivity index (χ3n) is 2.70. The number of benzene rings is 2. The third-order valence-corrected chi connectivity index (χ3v) is 3.05. The van der Waals surface area contributed by atoms with Crippen molar-refractivity contribution in [1.29, 1.82) is 0 Å². The van der Waals surface area contributed by atoms with Crippen molar-refractivity contribution in [1.82, 2.24) is 10.1 Å². The van der Waals surface area contributed by atoms with Crippen LogP contribution >= 0.6 is 11.6 Å². The van der Waals surface area contributed by atoms with E-state index in [-0.39, 0.29) is 0 Å². The minimum atomic E-state index is 0.419. The van der Waals surface area contributed by atoms with Crippen LogP contribution in [0.3, 0.4) is 0 Å². The summed E-state index contributed by atoms with van der Waals surface area (Å²) in [5.74, 6) is 0.964. The average Bonchev–Trinajstić information content (AvgIpc) is 2.93. The Morgan fingerprint density at radius 1 is 1.00 bits per heavy atom. The molecule has 1 heterocycles. The SMILES string of the molecule is Nc1cc(-c2nc(-c3ccccc3)no2)ccc1Cl. The summed E-state index contributed by atoms with van der Waals surface area (Å²) < 4.78 is 5.24. The molecule has 0 spiro atoms. The molecular weight excluding hydrogens is 262 g/mol. The zero-order valence-electron chi connectivity index (χ0n) is 9.88. The Morgan fingerprint density at radius 2 is 1.79 bits per heavy atom. The molecule has 0 radical (unpaired) electrons. The van der Waals surface area contributed by atoms with Gasteiger partial charge < -0.3 is 10.3 Å². The van der Waals surface area contributed by atoms with E-state index in [0.29, 0.717) is 22.4 Å². The highest BCUT2D eigenvalue weighted by Crippen LogP contribution is 2.27. The first-order chi connectivity index (χ1) is 9.24. The number of anilines is 1. The van der Waals surface area contributed by atoms with Crippen molar-refractivity contribution in [3.05, 3.63) is 53.6 Å². The quantitative estimate of drug-likeness (QED) is 0.723. The van der Waals surface area contributed by atoms with Crippen molar-refractivity contribution in [2.45, 2.75) is 0 Å². The zero-order chi connectivity index (χ0) is 13.2. The first-order valence-corrected chi connectivity index (χ1v) is 6.06. The van der Waals surface area contributed by atoms with Crippen LogP contribution < -0.4 is 5.73 Å². The van der Waals surface area contributed by atoms with Crippen LogP contribution in [0.4, 0.5) is 5.69 Å². The number of halogens is 1. The van der Waals surface area contributed by atoms with E-state index in [4.69, 9.17) is 21.9 Å². The number of nitrogens with two attached hydrogens (primary N) is 1. The van der Waals surface area contributed by atoms with Crippen LogP contribution in [0.2, 0.25) is 5.02 Å². The summed E-state index contributed by atoms with van der Waals surface area (Å²) in [6.07, 6.45) is 0. The lowest BCUT2D eigenvalue weighted by atomic mass is 10.2. The highest BCUT2D eigenvalue weighted by atomic mass is 35.5. The van der Waals surface area contributed by atoms with Gasteiger partial charge in [0.2, 0.25) is 5.82 Å². The van der Waals surface area contributed by atoms with Gasteiger partial charge in [0.1, 0.15) is 0 Å². The maximum absolute atomic E-state index is 5.88. The molecule has 0 saturated heterocycles. The molecule has 0 aliphatic rings. The summed E-state index contributed by atoms with van der Waals surface area (Å²) in [6.45, 7) is 0. The zero-order valence-corrected chi connectivity index (χ0v) is 10.6. The summed E-state index contributed by atoms with van der Waals surface area (Å²) >= 11 is 5.88. The van der Waals surface area contributed by atoms with Crippen molar-refractivity contribution in [2.24, 2.45) is 0 Å². The van der Waals surface area contributed by atoms with E-state index in [1.807, 2.05) is 30.3 Å². The van der Waals surface area contributed by atoms with E-state index in [1.54, 1.807) is 18.2 Å². The highest BCUT2D eigenvalue weighted by molar-refractivity contribution is 6.33. The van der Waals surface area contributed by atoms with Crippen molar-refractivity contribution in [3.8, 4) is 22.8 Å². The molecule has 0 unspecified atom stereocenters. The van der Waals surface area contributed by atoms with Gasteiger partial charge in [-0.2, -0.15) is 4.98 Å². The molecule has 0 atom stereocenters. The van der Waals surface area contributed by atoms with Crippen molar-refractivity contribution in [3.63, 3.8) is 0 Å². The van der Waals surface area contributed by atoms with Gasteiger partial charge in [0.05, 0.1) is 10.7 Å². The molecule has 3 aromatic rings. The van der Waals surface area contributed by atoms with E-state index < -0.39 is 0 Å². The van der Waals surface area contributed by atoms with Crippen molar-refractivity contribution >= 4 is 17.3 Å². The number of rotatable bonds is 2. The fraction of sp³-hybridized carbons (Fsp3) is 0. The van der Waals surface area contributed by atoms with Crippen LogP contribution in [0.25, 0.3) is 22.8 Å². The molecule has 0 saturated carbocycles. The van der Waals surface area contributed by atoms with Crippen LogP contribution in [-0.2, 0) is 0 Å². The number of nitrogens with zero attached hydrogens (tertiary/aromatic N) is 2. The fourth-order valence-electron chi connectivity index (χ4n) is 1.72. The van der Waals surface area contributed by atoms with Crippen molar-refractivity contribution < 1.29 is 4.52 Å². The van der Waals surface area contributed by atoms with Gasteiger partial charge in [-0.15, -0.1) is 0 Å². The topological polar surface area (TPSA) is 64.9 Å². The van der Waals surface area contributed by atoms with Gasteiger partial charge in [-0.25, -0.2) is 0 Å². The third kappa shape index (κ3) is 2.30. The maximum atomic E-state index is 5.88. The molecule has 94 valence electrons. The second kappa shape index (κ2) is 4.74. The van der Waals surface area contributed by atoms with Gasteiger partial charge in [0, 0.05) is 11.1 Å². The Labute approximate surface area is 114 Å². The average molecular weight is 272 g/mol. The Morgan fingerprint density at radius 3 is 2.53 bits per heavy atom. The summed E-state index contributed by atoms with van der Waals surface area (Å²) in [5.41, 5.74) is 7.89. The predicted octanol–water partition coefficient (Wildman–Crippen LogP) is 3.64. The largest absolute Gasteiger partial charge is 0.398 e. The molecule has 0 amide bonds. The second-order valence-electron chi connectivity index (χ2n) is 4.03. The summed E-state index contributed by atoms with van der Waals surface area (Å²) in [4.78, 5) is 4.35. The molecule has 5 heteroatoms. The number of aromatic nitrogens is 2. The standard InChI is InChI=1S/C14H10ClN3O/c15-11-7-6-10(8-12(11)16)14-17-13(18-19-14)9-4-2-1-3-5-9/h1-8H,16H2. The second-order valence-corrected chi connectivity index (χ2v) is 4.43. The Balaban J connectivity index is 1.99. The van der Waals surface area contributed by atoms with Crippen LogP contribution in [0.5, 0.6) is 0 Å². The molecule has 19 heavy (non-hydrogen) atoms. The number of nitrogen functional groups attached to an aromatic ring is 1. The highest BCUT2D eigenvalue weighted by Gasteiger charge is 2.11. The van der Waals surface area contributed by atoms with E-state index in [0.717, 1.165) is 11.1 Å². The Bertz CT molecular complexity index is 710. The molecule has 2 aromatic carbocycles. The molecule has 2 N–H and O–H groups in total. The molecule has 0 bridgehead atoms. The molecule has 1 aromatic heterocycles. The van der Waals surface area contributed by atoms with E-state index in [9.17, 15) is 0 Å². The molecule has 0 aliphatic heterocycles. The summed E-state index contributed by atoms with van der Waals surface area (Å²) in [5, 5.41) is 4.46. The lowest BCUT2D eigenvalue weighted by Gasteiger charge is -1.98. The van der Waals surface area contributed by atoms with Gasteiger partial charge in [0.25, 0.3) is 5.89 Å². The Hall–Kier alpha value is -2.33. The molecule has 4 nitrogen and oxygen atoms in total. The van der Waals surface area contributed by atoms with E-state index in [1.165, 1.54) is 0 Å². The van der Waals surface area contributed by atoms with Gasteiger partial charge in [-0.3, -0.25) is 0 Å². The monoisotopic (exact) mass is 271 g/mol. The van der Waals surface area contributed by atoms with Crippen molar-refractivity contribution in [2.75, 3.05) is 5.73 Å². The van der Waals surface area contributed by atoms with E-state index in [2.05, 4.69) is 10.1 Å². The van der Waals surface area contributed by atoms with Gasteiger partial charge in [-0.05, 0) is 18.2 Å². The first-order valence-electron chi connectivity index (χ1n) is 5.68. The lowest BCUT2D eigenvalue weighted by molar-refractivity contribution is 0.432. The van der Waals surface area contributed by atoms with Gasteiger partial charge >= 0.3 is 0 Å². The van der Waals surface area contributed by atoms with Crippen LogP contribution in [-0.4, -0.2) is 10.1 Å².